The molecule has 164 valence electrons. The van der Waals surface area contributed by atoms with Gasteiger partial charge in [-0.25, -0.2) is 4.99 Å². The summed E-state index contributed by atoms with van der Waals surface area (Å²) in [6.07, 6.45) is 2.63. The minimum Gasteiger partial charge on any atom is -0.493 e. The van der Waals surface area contributed by atoms with E-state index in [4.69, 9.17) is 23.9 Å². The van der Waals surface area contributed by atoms with Crippen molar-refractivity contribution in [2.24, 2.45) is 4.99 Å². The largest absolute Gasteiger partial charge is 0.493 e. The highest BCUT2D eigenvalue weighted by molar-refractivity contribution is 5.79. The molecular weight excluding hydrogens is 370 g/mol. The lowest BCUT2D eigenvalue weighted by atomic mass is 9.94. The van der Waals surface area contributed by atoms with Crippen LogP contribution < -0.4 is 15.4 Å². The van der Waals surface area contributed by atoms with Gasteiger partial charge in [0.25, 0.3) is 0 Å². The van der Waals surface area contributed by atoms with Gasteiger partial charge in [0, 0.05) is 72.0 Å². The van der Waals surface area contributed by atoms with Gasteiger partial charge in [-0.1, -0.05) is 12.1 Å². The summed E-state index contributed by atoms with van der Waals surface area (Å²) < 4.78 is 22.4. The van der Waals surface area contributed by atoms with Crippen LogP contribution in [0.2, 0.25) is 0 Å². The van der Waals surface area contributed by atoms with Crippen LogP contribution in [0.3, 0.4) is 0 Å². The van der Waals surface area contributed by atoms with Crippen molar-refractivity contribution in [3.63, 3.8) is 0 Å². The molecule has 0 aromatic heterocycles. The van der Waals surface area contributed by atoms with Crippen LogP contribution in [0.15, 0.2) is 23.2 Å². The zero-order valence-electron chi connectivity index (χ0n) is 18.4. The number of guanidine groups is 1. The van der Waals surface area contributed by atoms with Crippen LogP contribution in [0.25, 0.3) is 0 Å². The van der Waals surface area contributed by atoms with E-state index in [2.05, 4.69) is 42.7 Å². The topological polar surface area (TPSA) is 73.3 Å². The Morgan fingerprint density at radius 3 is 2.66 bits per heavy atom. The molecule has 1 saturated heterocycles. The number of benzene rings is 1. The molecule has 2 N–H and O–H groups in total. The number of nitrogens with zero attached hydrogens (tertiary/aromatic N) is 1. The summed E-state index contributed by atoms with van der Waals surface area (Å²) in [6.45, 7) is 8.96. The Morgan fingerprint density at radius 1 is 1.17 bits per heavy atom. The number of hydrogen-bond donors (Lipinski definition) is 2. The van der Waals surface area contributed by atoms with Crippen molar-refractivity contribution in [3.8, 4) is 5.75 Å². The SMILES string of the molecule is CCNC(=NCc1ccc(C)cc1OCCCOC)NCC1(OC)CCOCC1. The molecule has 1 aromatic carbocycles. The van der Waals surface area contributed by atoms with E-state index in [0.717, 1.165) is 56.3 Å². The molecule has 0 bridgehead atoms. The third kappa shape index (κ3) is 7.84. The Morgan fingerprint density at radius 2 is 1.97 bits per heavy atom. The minimum absolute atomic E-state index is 0.200. The summed E-state index contributed by atoms with van der Waals surface area (Å²) in [4.78, 5) is 4.77. The van der Waals surface area contributed by atoms with Crippen molar-refractivity contribution in [3.05, 3.63) is 29.3 Å². The molecule has 1 aliphatic rings. The van der Waals surface area contributed by atoms with Crippen molar-refractivity contribution < 1.29 is 18.9 Å². The van der Waals surface area contributed by atoms with Crippen LogP contribution in [0, 0.1) is 6.92 Å². The zero-order chi connectivity index (χ0) is 21.0. The van der Waals surface area contributed by atoms with Gasteiger partial charge in [0.1, 0.15) is 5.75 Å². The van der Waals surface area contributed by atoms with Crippen LogP contribution in [0.5, 0.6) is 5.75 Å². The molecule has 0 unspecified atom stereocenters. The summed E-state index contributed by atoms with van der Waals surface area (Å²) in [7, 11) is 3.48. The molecule has 1 fully saturated rings. The van der Waals surface area contributed by atoms with Crippen LogP contribution >= 0.6 is 0 Å². The normalized spacial score (nSPS) is 16.5. The average molecular weight is 408 g/mol. The van der Waals surface area contributed by atoms with Gasteiger partial charge in [-0.2, -0.15) is 0 Å². The molecule has 1 aromatic rings. The fraction of sp³-hybridized carbons (Fsp3) is 0.682. The Labute approximate surface area is 175 Å². The standard InChI is InChI=1S/C22H37N3O4/c1-5-23-21(25-17-22(27-4)9-13-28-14-10-22)24-16-19-8-7-18(2)15-20(19)29-12-6-11-26-3/h7-8,15H,5-6,9-14,16-17H2,1-4H3,(H2,23,24,25). The number of methoxy groups -OCH3 is 2. The van der Waals surface area contributed by atoms with Gasteiger partial charge in [-0.05, 0) is 25.5 Å². The fourth-order valence-electron chi connectivity index (χ4n) is 3.26. The highest BCUT2D eigenvalue weighted by atomic mass is 16.5. The summed E-state index contributed by atoms with van der Waals surface area (Å²) in [5.41, 5.74) is 2.04. The molecular formula is C22H37N3O4. The second kappa shape index (κ2) is 12.7. The number of rotatable bonds is 11. The lowest BCUT2D eigenvalue weighted by molar-refractivity contribution is -0.0855. The lowest BCUT2D eigenvalue weighted by Crippen LogP contribution is -2.50. The second-order valence-electron chi connectivity index (χ2n) is 7.35. The predicted molar refractivity (Wildman–Crippen MR) is 116 cm³/mol. The van der Waals surface area contributed by atoms with Crippen molar-refractivity contribution in [1.82, 2.24) is 10.6 Å². The molecule has 0 atom stereocenters. The van der Waals surface area contributed by atoms with Gasteiger partial charge in [-0.15, -0.1) is 0 Å². The quantitative estimate of drug-likeness (QED) is 0.334. The molecule has 0 aliphatic carbocycles. The molecule has 0 amide bonds. The second-order valence-corrected chi connectivity index (χ2v) is 7.35. The first-order valence-electron chi connectivity index (χ1n) is 10.5. The van der Waals surface area contributed by atoms with Crippen LogP contribution in [-0.4, -0.2) is 65.3 Å². The van der Waals surface area contributed by atoms with E-state index in [1.807, 2.05) is 0 Å². The van der Waals surface area contributed by atoms with E-state index < -0.39 is 0 Å². The maximum Gasteiger partial charge on any atom is 0.191 e. The average Bonchev–Trinajstić information content (AvgIpc) is 2.75. The Balaban J connectivity index is 2.01. The van der Waals surface area contributed by atoms with E-state index in [9.17, 15) is 0 Å². The highest BCUT2D eigenvalue weighted by Crippen LogP contribution is 2.24. The third-order valence-electron chi connectivity index (χ3n) is 5.14. The van der Waals surface area contributed by atoms with Crippen molar-refractivity contribution >= 4 is 5.96 Å². The number of nitrogens with one attached hydrogen (secondary N) is 2. The molecule has 7 heteroatoms. The minimum atomic E-state index is -0.200. The molecule has 29 heavy (non-hydrogen) atoms. The molecule has 2 rings (SSSR count). The molecule has 0 spiro atoms. The van der Waals surface area contributed by atoms with Gasteiger partial charge < -0.3 is 29.6 Å². The van der Waals surface area contributed by atoms with E-state index in [1.54, 1.807) is 14.2 Å². The first-order valence-corrected chi connectivity index (χ1v) is 10.5. The van der Waals surface area contributed by atoms with Crippen LogP contribution in [-0.2, 0) is 20.8 Å². The number of ether oxygens (including phenoxy) is 4. The first-order chi connectivity index (χ1) is 14.1. The summed E-state index contributed by atoms with van der Waals surface area (Å²) in [5.74, 6) is 1.67. The van der Waals surface area contributed by atoms with Gasteiger partial charge >= 0.3 is 0 Å². The van der Waals surface area contributed by atoms with E-state index in [0.29, 0.717) is 26.3 Å². The molecule has 1 aliphatic heterocycles. The summed E-state index contributed by atoms with van der Waals surface area (Å²) in [6, 6.07) is 6.25. The van der Waals surface area contributed by atoms with E-state index in [-0.39, 0.29) is 5.60 Å². The van der Waals surface area contributed by atoms with Gasteiger partial charge in [0.05, 0.1) is 18.8 Å². The highest BCUT2D eigenvalue weighted by Gasteiger charge is 2.32. The van der Waals surface area contributed by atoms with Gasteiger partial charge in [0.15, 0.2) is 5.96 Å². The lowest BCUT2D eigenvalue weighted by Gasteiger charge is -2.36. The zero-order valence-corrected chi connectivity index (χ0v) is 18.4. The van der Waals surface area contributed by atoms with Gasteiger partial charge in [0.2, 0.25) is 0 Å². The fourth-order valence-corrected chi connectivity index (χ4v) is 3.26. The number of aryl methyl sites for hydroxylation is 1. The van der Waals surface area contributed by atoms with E-state index >= 15 is 0 Å². The molecule has 0 radical (unpaired) electrons. The van der Waals surface area contributed by atoms with E-state index in [1.165, 1.54) is 5.56 Å². The smallest absolute Gasteiger partial charge is 0.191 e. The summed E-state index contributed by atoms with van der Waals surface area (Å²) in [5, 5.41) is 6.76. The predicted octanol–water partition coefficient (Wildman–Crippen LogP) is 2.66. The molecule has 0 saturated carbocycles. The molecule has 1 heterocycles. The Hall–Kier alpha value is -1.83. The maximum atomic E-state index is 5.98. The monoisotopic (exact) mass is 407 g/mol. The Kier molecular flexibility index (Phi) is 10.2. The van der Waals surface area contributed by atoms with Crippen LogP contribution in [0.4, 0.5) is 0 Å². The number of hydrogen-bond acceptors (Lipinski definition) is 5. The van der Waals surface area contributed by atoms with Gasteiger partial charge in [-0.3, -0.25) is 0 Å². The van der Waals surface area contributed by atoms with Crippen molar-refractivity contribution in [2.75, 3.05) is 53.7 Å². The summed E-state index contributed by atoms with van der Waals surface area (Å²) >= 11 is 0. The van der Waals surface area contributed by atoms with Crippen LogP contribution in [0.1, 0.15) is 37.3 Å². The third-order valence-corrected chi connectivity index (χ3v) is 5.14. The molecule has 7 nitrogen and oxygen atoms in total. The first kappa shape index (κ1) is 23.4. The van der Waals surface area contributed by atoms with Crippen molar-refractivity contribution in [2.45, 2.75) is 45.3 Å². The number of aliphatic imine (C=N–C) groups is 1. The Bertz CT molecular complexity index is 630. The maximum absolute atomic E-state index is 5.98. The van der Waals surface area contributed by atoms with Crippen molar-refractivity contribution in [1.29, 1.82) is 0 Å².